The molecule has 0 radical (unpaired) electrons. The van der Waals surface area contributed by atoms with Crippen LogP contribution in [-0.4, -0.2) is 26.3 Å². The van der Waals surface area contributed by atoms with Crippen molar-refractivity contribution in [2.45, 2.75) is 6.54 Å². The van der Waals surface area contributed by atoms with E-state index in [1.54, 1.807) is 12.1 Å². The summed E-state index contributed by atoms with van der Waals surface area (Å²) < 4.78 is 18.8. The number of nitrogens with two attached hydrogens (primary N) is 1. The highest BCUT2D eigenvalue weighted by Gasteiger charge is 2.15. The second kappa shape index (κ2) is 4.99. The molecule has 0 spiro atoms. The second-order valence-corrected chi connectivity index (χ2v) is 4.11. The first-order valence-corrected chi connectivity index (χ1v) is 5.61. The minimum atomic E-state index is -0.416. The topological polar surface area (TPSA) is 38.5 Å². The van der Waals surface area contributed by atoms with Crippen LogP contribution >= 0.6 is 11.6 Å². The predicted molar refractivity (Wildman–Crippen MR) is 62.3 cm³/mol. The third-order valence-electron chi connectivity index (χ3n) is 2.68. The summed E-state index contributed by atoms with van der Waals surface area (Å²) in [6, 6.07) is 3.40. The SMILES string of the molecule is NCc1cc(N2CCOCC2)cc(Cl)c1F. The summed E-state index contributed by atoms with van der Waals surface area (Å²) in [6.45, 7) is 3.13. The fourth-order valence-corrected chi connectivity index (χ4v) is 2.02. The Morgan fingerprint density at radius 1 is 1.38 bits per heavy atom. The molecule has 88 valence electrons. The van der Waals surface area contributed by atoms with E-state index in [4.69, 9.17) is 22.1 Å². The van der Waals surface area contributed by atoms with Crippen LogP contribution in [0, 0.1) is 5.82 Å². The van der Waals surface area contributed by atoms with E-state index >= 15 is 0 Å². The van der Waals surface area contributed by atoms with E-state index in [9.17, 15) is 4.39 Å². The number of rotatable bonds is 2. The van der Waals surface area contributed by atoms with Gasteiger partial charge in [-0.2, -0.15) is 0 Å². The van der Waals surface area contributed by atoms with Crippen LogP contribution in [0.2, 0.25) is 5.02 Å². The van der Waals surface area contributed by atoms with Gasteiger partial charge in [-0.15, -0.1) is 0 Å². The molecular formula is C11H14ClFN2O. The van der Waals surface area contributed by atoms with E-state index in [2.05, 4.69) is 4.90 Å². The third-order valence-corrected chi connectivity index (χ3v) is 2.96. The van der Waals surface area contributed by atoms with E-state index in [1.165, 1.54) is 0 Å². The van der Waals surface area contributed by atoms with Gasteiger partial charge in [0.15, 0.2) is 0 Å². The molecule has 1 heterocycles. The molecule has 1 saturated heterocycles. The van der Waals surface area contributed by atoms with Crippen molar-refractivity contribution in [3.8, 4) is 0 Å². The highest BCUT2D eigenvalue weighted by atomic mass is 35.5. The first-order chi connectivity index (χ1) is 7.72. The van der Waals surface area contributed by atoms with E-state index in [-0.39, 0.29) is 11.6 Å². The van der Waals surface area contributed by atoms with Crippen molar-refractivity contribution in [2.75, 3.05) is 31.2 Å². The van der Waals surface area contributed by atoms with Gasteiger partial charge in [0, 0.05) is 30.9 Å². The van der Waals surface area contributed by atoms with Gasteiger partial charge in [0.05, 0.1) is 18.2 Å². The monoisotopic (exact) mass is 244 g/mol. The van der Waals surface area contributed by atoms with E-state index in [0.29, 0.717) is 18.8 Å². The number of nitrogens with zero attached hydrogens (tertiary/aromatic N) is 1. The maximum absolute atomic E-state index is 13.5. The molecule has 1 aliphatic heterocycles. The maximum Gasteiger partial charge on any atom is 0.146 e. The maximum atomic E-state index is 13.5. The third kappa shape index (κ3) is 2.29. The van der Waals surface area contributed by atoms with E-state index < -0.39 is 5.82 Å². The number of hydrogen-bond acceptors (Lipinski definition) is 3. The molecule has 1 aromatic rings. The van der Waals surface area contributed by atoms with Gasteiger partial charge in [-0.1, -0.05) is 11.6 Å². The Balaban J connectivity index is 2.29. The van der Waals surface area contributed by atoms with Crippen molar-refractivity contribution >= 4 is 17.3 Å². The summed E-state index contributed by atoms with van der Waals surface area (Å²) in [5, 5.41) is 0.129. The first kappa shape index (κ1) is 11.6. The lowest BCUT2D eigenvalue weighted by Gasteiger charge is -2.29. The Labute approximate surface area is 98.9 Å². The lowest BCUT2D eigenvalue weighted by atomic mass is 10.1. The van der Waals surface area contributed by atoms with Crippen molar-refractivity contribution in [1.29, 1.82) is 0 Å². The summed E-state index contributed by atoms with van der Waals surface area (Å²) in [7, 11) is 0. The molecule has 1 aromatic carbocycles. The fourth-order valence-electron chi connectivity index (χ4n) is 1.78. The number of benzene rings is 1. The molecule has 2 N–H and O–H groups in total. The molecule has 16 heavy (non-hydrogen) atoms. The second-order valence-electron chi connectivity index (χ2n) is 3.70. The van der Waals surface area contributed by atoms with Crippen molar-refractivity contribution < 1.29 is 9.13 Å². The lowest BCUT2D eigenvalue weighted by Crippen LogP contribution is -2.36. The average Bonchev–Trinajstić information content (AvgIpc) is 2.33. The van der Waals surface area contributed by atoms with Crippen molar-refractivity contribution in [3.05, 3.63) is 28.5 Å². The summed E-state index contributed by atoms with van der Waals surface area (Å²) in [5.41, 5.74) is 6.84. The lowest BCUT2D eigenvalue weighted by molar-refractivity contribution is 0.122. The Kier molecular flexibility index (Phi) is 3.63. The van der Waals surface area contributed by atoms with E-state index in [1.807, 2.05) is 0 Å². The number of ether oxygens (including phenoxy) is 1. The van der Waals surface area contributed by atoms with Crippen LogP contribution in [-0.2, 0) is 11.3 Å². The van der Waals surface area contributed by atoms with E-state index in [0.717, 1.165) is 18.8 Å². The molecule has 1 fully saturated rings. The largest absolute Gasteiger partial charge is 0.378 e. The summed E-state index contributed by atoms with van der Waals surface area (Å²) >= 11 is 5.83. The van der Waals surface area contributed by atoms with Crippen LogP contribution in [0.1, 0.15) is 5.56 Å². The molecule has 0 saturated carbocycles. The first-order valence-electron chi connectivity index (χ1n) is 5.23. The molecule has 2 rings (SSSR count). The highest BCUT2D eigenvalue weighted by molar-refractivity contribution is 6.31. The van der Waals surface area contributed by atoms with Crippen molar-refractivity contribution in [1.82, 2.24) is 0 Å². The highest BCUT2D eigenvalue weighted by Crippen LogP contribution is 2.26. The zero-order valence-corrected chi connectivity index (χ0v) is 9.63. The van der Waals surface area contributed by atoms with Gasteiger partial charge in [-0.05, 0) is 12.1 Å². The van der Waals surface area contributed by atoms with Crippen LogP contribution in [0.5, 0.6) is 0 Å². The van der Waals surface area contributed by atoms with Crippen LogP contribution in [0.4, 0.5) is 10.1 Å². The molecule has 5 heteroatoms. The minimum Gasteiger partial charge on any atom is -0.378 e. The fraction of sp³-hybridized carbons (Fsp3) is 0.455. The molecule has 0 aromatic heterocycles. The Bertz CT molecular complexity index is 380. The molecular weight excluding hydrogens is 231 g/mol. The predicted octanol–water partition coefficient (Wildman–Crippen LogP) is 1.77. The smallest absolute Gasteiger partial charge is 0.146 e. The molecule has 0 amide bonds. The number of morpholine rings is 1. The van der Waals surface area contributed by atoms with Crippen LogP contribution in [0.25, 0.3) is 0 Å². The van der Waals surface area contributed by atoms with Gasteiger partial charge in [0.2, 0.25) is 0 Å². The van der Waals surface area contributed by atoms with Gasteiger partial charge in [0.1, 0.15) is 5.82 Å². The number of halogens is 2. The molecule has 0 atom stereocenters. The molecule has 0 unspecified atom stereocenters. The van der Waals surface area contributed by atoms with Gasteiger partial charge in [-0.3, -0.25) is 0 Å². The quantitative estimate of drug-likeness (QED) is 0.862. The summed E-state index contributed by atoms with van der Waals surface area (Å²) in [5.74, 6) is -0.416. The van der Waals surface area contributed by atoms with Gasteiger partial charge >= 0.3 is 0 Å². The van der Waals surface area contributed by atoms with Crippen LogP contribution < -0.4 is 10.6 Å². The summed E-state index contributed by atoms with van der Waals surface area (Å²) in [4.78, 5) is 2.12. The number of hydrogen-bond donors (Lipinski definition) is 1. The molecule has 0 bridgehead atoms. The Morgan fingerprint density at radius 2 is 2.06 bits per heavy atom. The zero-order valence-electron chi connectivity index (χ0n) is 8.88. The van der Waals surface area contributed by atoms with Crippen LogP contribution in [0.3, 0.4) is 0 Å². The normalized spacial score (nSPS) is 16.6. The standard InChI is InChI=1S/C11H14ClFN2O/c12-10-6-9(5-8(7-14)11(10)13)15-1-3-16-4-2-15/h5-6H,1-4,7,14H2. The minimum absolute atomic E-state index is 0.129. The van der Waals surface area contributed by atoms with Gasteiger partial charge in [-0.25, -0.2) is 4.39 Å². The molecule has 0 aliphatic carbocycles. The average molecular weight is 245 g/mol. The zero-order chi connectivity index (χ0) is 11.5. The van der Waals surface area contributed by atoms with Crippen molar-refractivity contribution in [2.24, 2.45) is 5.73 Å². The number of anilines is 1. The Morgan fingerprint density at radius 3 is 2.69 bits per heavy atom. The van der Waals surface area contributed by atoms with Gasteiger partial charge in [0.25, 0.3) is 0 Å². The summed E-state index contributed by atoms with van der Waals surface area (Å²) in [6.07, 6.45) is 0. The van der Waals surface area contributed by atoms with Crippen molar-refractivity contribution in [3.63, 3.8) is 0 Å². The Hall–Kier alpha value is -0.840. The van der Waals surface area contributed by atoms with Crippen LogP contribution in [0.15, 0.2) is 12.1 Å². The molecule has 3 nitrogen and oxygen atoms in total. The van der Waals surface area contributed by atoms with Gasteiger partial charge < -0.3 is 15.4 Å². The molecule has 1 aliphatic rings.